The highest BCUT2D eigenvalue weighted by atomic mass is 16.4. The molecule has 0 radical (unpaired) electrons. The van der Waals surface area contributed by atoms with Crippen molar-refractivity contribution in [2.24, 2.45) is 0 Å². The molecule has 1 aromatic heterocycles. The lowest BCUT2D eigenvalue weighted by Gasteiger charge is -2.03. The molecule has 0 saturated heterocycles. The third-order valence-electron chi connectivity index (χ3n) is 2.09. The number of aromatic hydroxyl groups is 1. The van der Waals surface area contributed by atoms with E-state index in [4.69, 9.17) is 5.11 Å². The lowest BCUT2D eigenvalue weighted by atomic mass is 10.1. The summed E-state index contributed by atoms with van der Waals surface area (Å²) in [6.07, 6.45) is 4.57. The van der Waals surface area contributed by atoms with Crippen molar-refractivity contribution in [3.05, 3.63) is 42.4 Å². The van der Waals surface area contributed by atoms with Gasteiger partial charge in [-0.2, -0.15) is 0 Å². The Labute approximate surface area is 91.0 Å². The number of carboxylic acids is 1. The number of hydrogen-bond donors (Lipinski definition) is 2. The average Bonchev–Trinajstić information content (AvgIpc) is 2.30. The number of hydrogen-bond acceptors (Lipinski definition) is 4. The molecular formula is C11H8N2O3. The van der Waals surface area contributed by atoms with Crippen molar-refractivity contribution < 1.29 is 15.0 Å². The fraction of sp³-hybridized carbons (Fsp3) is 0. The lowest BCUT2D eigenvalue weighted by molar-refractivity contribution is 0.0694. The quantitative estimate of drug-likeness (QED) is 0.795. The van der Waals surface area contributed by atoms with Crippen LogP contribution in [0.3, 0.4) is 0 Å². The van der Waals surface area contributed by atoms with Crippen LogP contribution in [0.4, 0.5) is 0 Å². The summed E-state index contributed by atoms with van der Waals surface area (Å²) >= 11 is 0. The van der Waals surface area contributed by atoms with Gasteiger partial charge in [-0.1, -0.05) is 0 Å². The van der Waals surface area contributed by atoms with E-state index in [0.29, 0.717) is 11.3 Å². The number of carbonyl (C=O) groups is 1. The second kappa shape index (κ2) is 3.98. The summed E-state index contributed by atoms with van der Waals surface area (Å²) in [4.78, 5) is 18.7. The first-order chi connectivity index (χ1) is 7.68. The van der Waals surface area contributed by atoms with Gasteiger partial charge in [-0.25, -0.2) is 4.79 Å². The minimum atomic E-state index is -1.18. The molecule has 0 atom stereocenters. The van der Waals surface area contributed by atoms with Crippen LogP contribution in [0.25, 0.3) is 11.3 Å². The van der Waals surface area contributed by atoms with Gasteiger partial charge in [0.05, 0.1) is 11.9 Å². The monoisotopic (exact) mass is 216 g/mol. The summed E-state index contributed by atoms with van der Waals surface area (Å²) in [5.41, 5.74) is 1.01. The minimum Gasteiger partial charge on any atom is -0.507 e. The summed E-state index contributed by atoms with van der Waals surface area (Å²) < 4.78 is 0. The van der Waals surface area contributed by atoms with Crippen molar-refractivity contribution >= 4 is 5.97 Å². The minimum absolute atomic E-state index is 0.150. The van der Waals surface area contributed by atoms with Gasteiger partial charge in [-0.3, -0.25) is 9.97 Å². The van der Waals surface area contributed by atoms with Crippen molar-refractivity contribution in [3.63, 3.8) is 0 Å². The largest absolute Gasteiger partial charge is 0.507 e. The predicted octanol–water partition coefficient (Wildman–Crippen LogP) is 1.55. The Morgan fingerprint density at radius 3 is 2.69 bits per heavy atom. The predicted molar refractivity (Wildman–Crippen MR) is 56.1 cm³/mol. The Kier molecular flexibility index (Phi) is 2.51. The number of carboxylic acid groups (broad SMARTS) is 1. The number of rotatable bonds is 2. The molecule has 0 spiro atoms. The van der Waals surface area contributed by atoms with Crippen LogP contribution in [0.1, 0.15) is 10.4 Å². The first kappa shape index (κ1) is 10.1. The Balaban J connectivity index is 2.52. The van der Waals surface area contributed by atoms with Crippen LogP contribution >= 0.6 is 0 Å². The normalized spacial score (nSPS) is 10.0. The molecule has 0 aliphatic carbocycles. The zero-order chi connectivity index (χ0) is 11.5. The molecule has 2 aromatic rings. The molecule has 0 bridgehead atoms. The van der Waals surface area contributed by atoms with Crippen LogP contribution in [0.15, 0.2) is 36.8 Å². The zero-order valence-electron chi connectivity index (χ0n) is 8.16. The lowest BCUT2D eigenvalue weighted by Crippen LogP contribution is -1.97. The van der Waals surface area contributed by atoms with Gasteiger partial charge in [-0.15, -0.1) is 0 Å². The van der Waals surface area contributed by atoms with Gasteiger partial charge < -0.3 is 10.2 Å². The molecule has 0 aliphatic rings. The van der Waals surface area contributed by atoms with Crippen molar-refractivity contribution in [1.82, 2.24) is 9.97 Å². The van der Waals surface area contributed by atoms with E-state index in [9.17, 15) is 9.90 Å². The number of phenols is 1. The summed E-state index contributed by atoms with van der Waals surface area (Å²) in [5, 5.41) is 18.2. The number of benzene rings is 1. The molecular weight excluding hydrogens is 208 g/mol. The number of aromatic carboxylic acids is 1. The van der Waals surface area contributed by atoms with Crippen LogP contribution in [-0.4, -0.2) is 26.2 Å². The van der Waals surface area contributed by atoms with Gasteiger partial charge >= 0.3 is 5.97 Å². The fourth-order valence-corrected chi connectivity index (χ4v) is 1.31. The number of aromatic nitrogens is 2. The Morgan fingerprint density at radius 1 is 1.25 bits per heavy atom. The van der Waals surface area contributed by atoms with E-state index in [-0.39, 0.29) is 11.3 Å². The maximum atomic E-state index is 10.8. The summed E-state index contributed by atoms with van der Waals surface area (Å²) in [6, 6.07) is 4.28. The Bertz CT molecular complexity index is 526. The molecule has 0 aliphatic heterocycles. The van der Waals surface area contributed by atoms with Crippen molar-refractivity contribution in [2.45, 2.75) is 0 Å². The second-order valence-corrected chi connectivity index (χ2v) is 3.13. The van der Waals surface area contributed by atoms with Gasteiger partial charge in [0.2, 0.25) is 0 Å². The van der Waals surface area contributed by atoms with E-state index in [0.717, 1.165) is 0 Å². The van der Waals surface area contributed by atoms with Crippen molar-refractivity contribution in [3.8, 4) is 17.0 Å². The third-order valence-corrected chi connectivity index (χ3v) is 2.09. The Morgan fingerprint density at radius 2 is 2.06 bits per heavy atom. The van der Waals surface area contributed by atoms with E-state index in [1.807, 2.05) is 0 Å². The van der Waals surface area contributed by atoms with E-state index in [1.54, 1.807) is 6.07 Å². The van der Waals surface area contributed by atoms with E-state index in [2.05, 4.69) is 9.97 Å². The molecule has 5 nitrogen and oxygen atoms in total. The fourth-order valence-electron chi connectivity index (χ4n) is 1.31. The molecule has 0 fully saturated rings. The summed E-state index contributed by atoms with van der Waals surface area (Å²) in [7, 11) is 0. The van der Waals surface area contributed by atoms with Gasteiger partial charge in [0, 0.05) is 18.0 Å². The van der Waals surface area contributed by atoms with Crippen molar-refractivity contribution in [2.75, 3.05) is 0 Å². The maximum Gasteiger partial charge on any atom is 0.339 e. The molecule has 2 N–H and O–H groups in total. The van der Waals surface area contributed by atoms with Gasteiger partial charge in [-0.05, 0) is 18.2 Å². The van der Waals surface area contributed by atoms with E-state index in [1.165, 1.54) is 30.7 Å². The summed E-state index contributed by atoms with van der Waals surface area (Å²) in [6.45, 7) is 0. The molecule has 1 aromatic carbocycles. The van der Waals surface area contributed by atoms with Gasteiger partial charge in [0.25, 0.3) is 0 Å². The first-order valence-corrected chi connectivity index (χ1v) is 4.51. The van der Waals surface area contributed by atoms with Gasteiger partial charge in [0.15, 0.2) is 0 Å². The smallest absolute Gasteiger partial charge is 0.339 e. The molecule has 2 rings (SSSR count). The maximum absolute atomic E-state index is 10.8. The molecule has 1 heterocycles. The standard InChI is InChI=1S/C11H8N2O3/c14-10-2-1-7(5-8(10)11(15)16)9-6-12-3-4-13-9/h1-6,14H,(H,15,16). The van der Waals surface area contributed by atoms with E-state index >= 15 is 0 Å². The van der Waals surface area contributed by atoms with Crippen LogP contribution in [0.5, 0.6) is 5.75 Å². The number of nitrogens with zero attached hydrogens (tertiary/aromatic N) is 2. The highest BCUT2D eigenvalue weighted by Gasteiger charge is 2.11. The van der Waals surface area contributed by atoms with Crippen LogP contribution in [0.2, 0.25) is 0 Å². The zero-order valence-corrected chi connectivity index (χ0v) is 8.16. The molecule has 16 heavy (non-hydrogen) atoms. The van der Waals surface area contributed by atoms with E-state index < -0.39 is 5.97 Å². The molecule has 0 amide bonds. The highest BCUT2D eigenvalue weighted by Crippen LogP contribution is 2.24. The highest BCUT2D eigenvalue weighted by molar-refractivity contribution is 5.92. The van der Waals surface area contributed by atoms with Crippen LogP contribution < -0.4 is 0 Å². The Hall–Kier alpha value is -2.43. The molecule has 5 heteroatoms. The molecule has 80 valence electrons. The van der Waals surface area contributed by atoms with Crippen molar-refractivity contribution in [1.29, 1.82) is 0 Å². The topological polar surface area (TPSA) is 83.3 Å². The first-order valence-electron chi connectivity index (χ1n) is 4.51. The van der Waals surface area contributed by atoms with Crippen LogP contribution in [-0.2, 0) is 0 Å². The average molecular weight is 216 g/mol. The summed E-state index contributed by atoms with van der Waals surface area (Å²) in [5.74, 6) is -1.44. The second-order valence-electron chi connectivity index (χ2n) is 3.13. The van der Waals surface area contributed by atoms with Crippen LogP contribution in [0, 0.1) is 0 Å². The molecule has 0 saturated carbocycles. The van der Waals surface area contributed by atoms with Gasteiger partial charge in [0.1, 0.15) is 11.3 Å². The third kappa shape index (κ3) is 1.83. The SMILES string of the molecule is O=C(O)c1cc(-c2cnccn2)ccc1O. The molecule has 0 unspecified atom stereocenters.